The van der Waals surface area contributed by atoms with E-state index in [2.05, 4.69) is 39.0 Å². The fourth-order valence-electron chi connectivity index (χ4n) is 1.14. The Kier molecular flexibility index (Phi) is 25.1. The molecule has 0 amide bonds. The third-order valence-electron chi connectivity index (χ3n) is 1.49. The predicted molar refractivity (Wildman–Crippen MR) is 96.6 cm³/mol. The molecule has 1 rings (SSSR count). The Morgan fingerprint density at radius 3 is 1.39 bits per heavy atom. The molecule has 0 spiro atoms. The molecule has 0 unspecified atom stereocenters. The van der Waals surface area contributed by atoms with Crippen LogP contribution in [0.25, 0.3) is 0 Å². The van der Waals surface area contributed by atoms with E-state index in [0.717, 1.165) is 12.8 Å². The summed E-state index contributed by atoms with van der Waals surface area (Å²) in [7, 11) is 0. The van der Waals surface area contributed by atoms with Crippen LogP contribution in [0.15, 0.2) is 17.7 Å². The Morgan fingerprint density at radius 1 is 0.913 bits per heavy atom. The van der Waals surface area contributed by atoms with Crippen LogP contribution < -0.4 is 0 Å². The van der Waals surface area contributed by atoms with Crippen LogP contribution in [-0.4, -0.2) is 33.6 Å². The largest absolute Gasteiger partial charge is 0.394 e. The fourth-order valence-corrected chi connectivity index (χ4v) is 1.14. The van der Waals surface area contributed by atoms with Crippen LogP contribution in [0, 0.1) is 11.5 Å². The van der Waals surface area contributed by atoms with Gasteiger partial charge in [-0.1, -0.05) is 27.2 Å². The van der Waals surface area contributed by atoms with Crippen molar-refractivity contribution in [2.45, 2.75) is 93.5 Å². The topological polar surface area (TPSA) is 60.7 Å². The molecule has 4 heteroatoms. The number of rotatable bonds is 1. The number of hydrogen-bond acceptors (Lipinski definition) is 3. The standard InChI is InChI=1S/C10H15.3C3H8O.Hf/c1-10(2,3)8-9-6-4-5-7-9;3*1-3(2)4;/h4,6H,5,8H2,1-3H3;3*3-4H,1-2H3;/q-1;;;;. The predicted octanol–water partition coefficient (Wildman–Crippen LogP) is 4.27. The van der Waals surface area contributed by atoms with Gasteiger partial charge >= 0.3 is 0 Å². The second-order valence-corrected chi connectivity index (χ2v) is 7.33. The molecule has 0 heterocycles. The summed E-state index contributed by atoms with van der Waals surface area (Å²) in [6, 6.07) is 0. The summed E-state index contributed by atoms with van der Waals surface area (Å²) in [5, 5.41) is 24.2. The monoisotopic (exact) mass is 495 g/mol. The minimum Gasteiger partial charge on any atom is -0.394 e. The van der Waals surface area contributed by atoms with E-state index >= 15 is 0 Å². The maximum absolute atomic E-state index is 8.06. The first kappa shape index (κ1) is 31.0. The minimum atomic E-state index is -0.167. The average Bonchev–Trinajstić information content (AvgIpc) is 2.63. The summed E-state index contributed by atoms with van der Waals surface area (Å²) in [5.41, 5.74) is 1.80. The third-order valence-corrected chi connectivity index (χ3v) is 1.49. The van der Waals surface area contributed by atoms with Gasteiger partial charge in [0.1, 0.15) is 0 Å². The molecule has 138 valence electrons. The first-order valence-electron chi connectivity index (χ1n) is 8.08. The van der Waals surface area contributed by atoms with Crippen molar-refractivity contribution in [3.8, 4) is 0 Å². The Balaban J connectivity index is -0.000000118. The number of allylic oxidation sites excluding steroid dienone is 4. The van der Waals surface area contributed by atoms with Crippen molar-refractivity contribution in [1.29, 1.82) is 0 Å². The van der Waals surface area contributed by atoms with Crippen LogP contribution in [-0.2, 0) is 25.8 Å². The van der Waals surface area contributed by atoms with Crippen LogP contribution in [0.4, 0.5) is 0 Å². The minimum absolute atomic E-state index is 0. The summed E-state index contributed by atoms with van der Waals surface area (Å²) in [4.78, 5) is 0. The third kappa shape index (κ3) is 60.8. The molecule has 3 nitrogen and oxygen atoms in total. The van der Waals surface area contributed by atoms with Crippen molar-refractivity contribution in [2.24, 2.45) is 5.41 Å². The Hall–Kier alpha value is 0.230. The first-order chi connectivity index (χ1) is 9.77. The normalized spacial score (nSPS) is 12.4. The molecule has 0 saturated heterocycles. The van der Waals surface area contributed by atoms with E-state index in [1.165, 1.54) is 5.57 Å². The van der Waals surface area contributed by atoms with Gasteiger partial charge in [-0.15, -0.1) is 6.42 Å². The van der Waals surface area contributed by atoms with E-state index in [0.29, 0.717) is 5.41 Å². The van der Waals surface area contributed by atoms with Crippen molar-refractivity contribution in [3.63, 3.8) is 0 Å². The molecule has 3 N–H and O–H groups in total. The summed E-state index contributed by atoms with van der Waals surface area (Å²) in [6.07, 6.45) is 9.35. The molecule has 1 aliphatic carbocycles. The summed E-state index contributed by atoms with van der Waals surface area (Å²) < 4.78 is 0. The molecule has 0 bridgehead atoms. The average molecular weight is 494 g/mol. The SMILES string of the molecule is CC(C)(C)CC1=[C-]CC=C1.CC(C)O.CC(C)O.CC(C)O.[Hf]. The van der Waals surface area contributed by atoms with E-state index in [4.69, 9.17) is 15.3 Å². The molecule has 0 aliphatic heterocycles. The Bertz CT molecular complexity index is 265. The van der Waals surface area contributed by atoms with Gasteiger partial charge in [0.2, 0.25) is 0 Å². The van der Waals surface area contributed by atoms with Crippen LogP contribution >= 0.6 is 0 Å². The van der Waals surface area contributed by atoms with Crippen LogP contribution in [0.1, 0.15) is 75.2 Å². The smallest absolute Gasteiger partial charge is 0.0483 e. The molecular weight excluding hydrogens is 455 g/mol. The number of hydrogen-bond donors (Lipinski definition) is 3. The van der Waals surface area contributed by atoms with Crippen molar-refractivity contribution in [2.75, 3.05) is 0 Å². The molecule has 0 fully saturated rings. The van der Waals surface area contributed by atoms with Gasteiger partial charge in [0.15, 0.2) is 0 Å². The van der Waals surface area contributed by atoms with Crippen LogP contribution in [0.2, 0.25) is 0 Å². The van der Waals surface area contributed by atoms with Gasteiger partial charge in [0, 0.05) is 44.2 Å². The molecule has 1 aliphatic rings. The van der Waals surface area contributed by atoms with Crippen molar-refractivity contribution in [1.82, 2.24) is 0 Å². The van der Waals surface area contributed by atoms with Gasteiger partial charge in [0.25, 0.3) is 0 Å². The van der Waals surface area contributed by atoms with E-state index in [9.17, 15) is 0 Å². The summed E-state index contributed by atoms with van der Waals surface area (Å²) in [5.74, 6) is 0. The van der Waals surface area contributed by atoms with E-state index in [-0.39, 0.29) is 44.2 Å². The summed E-state index contributed by atoms with van der Waals surface area (Å²) >= 11 is 0. The van der Waals surface area contributed by atoms with Gasteiger partial charge in [-0.3, -0.25) is 6.08 Å². The quantitative estimate of drug-likeness (QED) is 0.377. The van der Waals surface area contributed by atoms with E-state index < -0.39 is 0 Å². The van der Waals surface area contributed by atoms with Gasteiger partial charge < -0.3 is 15.3 Å². The first-order valence-corrected chi connectivity index (χ1v) is 8.08. The number of aliphatic hydroxyl groups excluding tert-OH is 3. The zero-order valence-electron chi connectivity index (χ0n) is 16.6. The molecule has 0 saturated carbocycles. The second kappa shape index (κ2) is 18.6. The van der Waals surface area contributed by atoms with Crippen molar-refractivity contribution < 1.29 is 41.2 Å². The molecule has 0 atom stereocenters. The summed E-state index contributed by atoms with van der Waals surface area (Å²) in [6.45, 7) is 17.1. The maximum Gasteiger partial charge on any atom is 0.0483 e. The molecule has 0 aromatic rings. The van der Waals surface area contributed by atoms with Crippen LogP contribution in [0.5, 0.6) is 0 Å². The van der Waals surface area contributed by atoms with Gasteiger partial charge in [-0.2, -0.15) is 6.08 Å². The maximum atomic E-state index is 8.06. The Labute approximate surface area is 163 Å². The van der Waals surface area contributed by atoms with E-state index in [1.807, 2.05) is 0 Å². The van der Waals surface area contributed by atoms with E-state index in [1.54, 1.807) is 41.5 Å². The van der Waals surface area contributed by atoms with Gasteiger partial charge in [0.05, 0.1) is 0 Å². The second-order valence-electron chi connectivity index (χ2n) is 7.33. The molecule has 23 heavy (non-hydrogen) atoms. The van der Waals surface area contributed by atoms with Gasteiger partial charge in [-0.25, -0.2) is 11.6 Å². The fraction of sp³-hybridized carbons (Fsp3) is 0.789. The van der Waals surface area contributed by atoms with Crippen molar-refractivity contribution >= 4 is 0 Å². The van der Waals surface area contributed by atoms with Crippen molar-refractivity contribution in [3.05, 3.63) is 23.8 Å². The zero-order chi connectivity index (χ0) is 18.3. The molecule has 0 radical (unpaired) electrons. The zero-order valence-corrected chi connectivity index (χ0v) is 20.2. The number of aliphatic hydroxyl groups is 3. The molecular formula is C19H39HfO3-. The Morgan fingerprint density at radius 2 is 1.22 bits per heavy atom. The molecule has 0 aromatic carbocycles. The molecule has 0 aromatic heterocycles. The van der Waals surface area contributed by atoms with Gasteiger partial charge in [-0.05, 0) is 47.0 Å². The van der Waals surface area contributed by atoms with Crippen LogP contribution in [0.3, 0.4) is 0 Å².